The van der Waals surface area contributed by atoms with Gasteiger partial charge in [0.05, 0.1) is 0 Å². The van der Waals surface area contributed by atoms with E-state index in [9.17, 15) is 4.79 Å². The molecule has 0 saturated heterocycles. The van der Waals surface area contributed by atoms with E-state index >= 15 is 0 Å². The first kappa shape index (κ1) is 14.5. The van der Waals surface area contributed by atoms with Gasteiger partial charge in [-0.2, -0.15) is 0 Å². The highest BCUT2D eigenvalue weighted by molar-refractivity contribution is 8.01. The monoisotopic (exact) mass is 319 g/mol. The van der Waals surface area contributed by atoms with Crippen molar-refractivity contribution in [3.63, 3.8) is 0 Å². The summed E-state index contributed by atoms with van der Waals surface area (Å²) in [6, 6.07) is 10.8. The maximum Gasteiger partial charge on any atom is 0.225 e. The molecule has 1 amide bonds. The lowest BCUT2D eigenvalue weighted by molar-refractivity contribution is -0.116. The predicted molar refractivity (Wildman–Crippen MR) is 87.0 cm³/mol. The minimum absolute atomic E-state index is 0.0643. The summed E-state index contributed by atoms with van der Waals surface area (Å²) in [7, 11) is 0. The molecule has 110 valence electrons. The van der Waals surface area contributed by atoms with E-state index in [0.29, 0.717) is 6.04 Å². The van der Waals surface area contributed by atoms with E-state index in [1.807, 2.05) is 6.07 Å². The van der Waals surface area contributed by atoms with Gasteiger partial charge in [-0.05, 0) is 24.8 Å². The fraction of sp³-hybridized carbons (Fsp3) is 0.400. The van der Waals surface area contributed by atoms with Crippen molar-refractivity contribution in [2.75, 3.05) is 10.7 Å². The summed E-state index contributed by atoms with van der Waals surface area (Å²) in [5.41, 5.74) is 1.33. The second kappa shape index (κ2) is 6.58. The molecule has 0 atom stereocenters. The summed E-state index contributed by atoms with van der Waals surface area (Å²) in [5, 5.41) is 9.12. The highest BCUT2D eigenvalue weighted by atomic mass is 32.2. The molecular formula is C15H17N3OS2. The first-order valence-electron chi connectivity index (χ1n) is 7.04. The molecule has 1 saturated carbocycles. The summed E-state index contributed by atoms with van der Waals surface area (Å²) < 4.78 is 0.938. The standard InChI is InChI=1S/C15H17N3OS2/c1-11(19)18(13-7-8-13)14-16-17-15(21-14)20-10-9-12-5-3-2-4-6-12/h2-6,13H,7-10H2,1H3. The van der Waals surface area contributed by atoms with Crippen molar-refractivity contribution >= 4 is 34.1 Å². The van der Waals surface area contributed by atoms with Crippen LogP contribution in [0.2, 0.25) is 0 Å². The SMILES string of the molecule is CC(=O)N(c1nnc(SCCc2ccccc2)s1)C1CC1. The van der Waals surface area contributed by atoms with E-state index in [-0.39, 0.29) is 5.91 Å². The molecule has 0 aliphatic heterocycles. The van der Waals surface area contributed by atoms with Gasteiger partial charge in [-0.3, -0.25) is 9.69 Å². The second-order valence-electron chi connectivity index (χ2n) is 5.05. The molecule has 1 fully saturated rings. The van der Waals surface area contributed by atoms with Gasteiger partial charge < -0.3 is 0 Å². The summed E-state index contributed by atoms with van der Waals surface area (Å²) in [6.07, 6.45) is 3.17. The van der Waals surface area contributed by atoms with E-state index in [1.165, 1.54) is 16.9 Å². The van der Waals surface area contributed by atoms with Gasteiger partial charge in [0.1, 0.15) is 0 Å². The highest BCUT2D eigenvalue weighted by Gasteiger charge is 2.34. The molecule has 1 aromatic carbocycles. The number of aryl methyl sites for hydroxylation is 1. The number of aromatic nitrogens is 2. The van der Waals surface area contributed by atoms with E-state index in [4.69, 9.17) is 0 Å². The van der Waals surface area contributed by atoms with Crippen molar-refractivity contribution in [2.24, 2.45) is 0 Å². The molecule has 4 nitrogen and oxygen atoms in total. The maximum absolute atomic E-state index is 11.7. The van der Waals surface area contributed by atoms with E-state index in [2.05, 4.69) is 34.5 Å². The van der Waals surface area contributed by atoms with Crippen LogP contribution < -0.4 is 4.90 Å². The Morgan fingerprint density at radius 2 is 2.10 bits per heavy atom. The van der Waals surface area contributed by atoms with Gasteiger partial charge >= 0.3 is 0 Å². The van der Waals surface area contributed by atoms with Crippen molar-refractivity contribution < 1.29 is 4.79 Å². The average molecular weight is 319 g/mol. The first-order chi connectivity index (χ1) is 10.2. The molecule has 1 aliphatic rings. The average Bonchev–Trinajstić information content (AvgIpc) is 3.19. The lowest BCUT2D eigenvalue weighted by Crippen LogP contribution is -2.30. The minimum Gasteiger partial charge on any atom is -0.284 e. The molecule has 1 aromatic heterocycles. The third-order valence-corrected chi connectivity index (χ3v) is 5.37. The fourth-order valence-electron chi connectivity index (χ4n) is 2.14. The quantitative estimate of drug-likeness (QED) is 0.605. The van der Waals surface area contributed by atoms with Gasteiger partial charge in [-0.1, -0.05) is 53.4 Å². The third-order valence-electron chi connectivity index (χ3n) is 3.31. The first-order valence-corrected chi connectivity index (χ1v) is 8.84. The van der Waals surface area contributed by atoms with Crippen LogP contribution in [0.15, 0.2) is 34.7 Å². The van der Waals surface area contributed by atoms with Crippen molar-refractivity contribution in [2.45, 2.75) is 36.6 Å². The molecule has 0 N–H and O–H groups in total. The van der Waals surface area contributed by atoms with Gasteiger partial charge in [-0.25, -0.2) is 0 Å². The molecule has 21 heavy (non-hydrogen) atoms. The van der Waals surface area contributed by atoms with Crippen LogP contribution in [0.1, 0.15) is 25.3 Å². The number of benzene rings is 1. The zero-order chi connectivity index (χ0) is 14.7. The number of nitrogens with zero attached hydrogens (tertiary/aromatic N) is 3. The Labute approximate surface area is 132 Å². The number of anilines is 1. The number of carbonyl (C=O) groups is 1. The Bertz CT molecular complexity index is 610. The third kappa shape index (κ3) is 3.83. The van der Waals surface area contributed by atoms with Crippen molar-refractivity contribution in [1.82, 2.24) is 10.2 Å². The number of rotatable bonds is 6. The fourth-order valence-corrected chi connectivity index (χ4v) is 4.16. The molecule has 0 unspecified atom stereocenters. The van der Waals surface area contributed by atoms with Crippen LogP contribution in [0.5, 0.6) is 0 Å². The molecule has 3 rings (SSSR count). The van der Waals surface area contributed by atoms with E-state index in [1.54, 1.807) is 23.6 Å². The van der Waals surface area contributed by atoms with E-state index < -0.39 is 0 Å². The van der Waals surface area contributed by atoms with Gasteiger partial charge in [0, 0.05) is 18.7 Å². The predicted octanol–water partition coefficient (Wildman–Crippen LogP) is 3.39. The van der Waals surface area contributed by atoms with Crippen LogP contribution in [-0.2, 0) is 11.2 Å². The number of amides is 1. The summed E-state index contributed by atoms with van der Waals surface area (Å²) in [5.74, 6) is 1.04. The summed E-state index contributed by atoms with van der Waals surface area (Å²) in [4.78, 5) is 13.5. The molecule has 6 heteroatoms. The number of carbonyl (C=O) groups excluding carboxylic acids is 1. The van der Waals surface area contributed by atoms with Gasteiger partial charge in [0.2, 0.25) is 11.0 Å². The maximum atomic E-state index is 11.7. The van der Waals surface area contributed by atoms with Crippen LogP contribution in [0.25, 0.3) is 0 Å². The number of hydrogen-bond acceptors (Lipinski definition) is 5. The second-order valence-corrected chi connectivity index (χ2v) is 7.35. The lowest BCUT2D eigenvalue weighted by atomic mass is 10.2. The van der Waals surface area contributed by atoms with Crippen molar-refractivity contribution in [3.05, 3.63) is 35.9 Å². The van der Waals surface area contributed by atoms with Crippen LogP contribution in [0.4, 0.5) is 5.13 Å². The topological polar surface area (TPSA) is 46.1 Å². The Balaban J connectivity index is 1.56. The largest absolute Gasteiger partial charge is 0.284 e. The van der Waals surface area contributed by atoms with Crippen molar-refractivity contribution in [1.29, 1.82) is 0 Å². The number of hydrogen-bond donors (Lipinski definition) is 0. The van der Waals surface area contributed by atoms with Crippen LogP contribution in [-0.4, -0.2) is 27.9 Å². The molecule has 0 radical (unpaired) electrons. The van der Waals surface area contributed by atoms with E-state index in [0.717, 1.165) is 34.5 Å². The zero-order valence-electron chi connectivity index (χ0n) is 11.9. The van der Waals surface area contributed by atoms with Gasteiger partial charge in [-0.15, -0.1) is 10.2 Å². The molecule has 0 bridgehead atoms. The zero-order valence-corrected chi connectivity index (χ0v) is 13.5. The number of thioether (sulfide) groups is 1. The van der Waals surface area contributed by atoms with Crippen LogP contribution in [0.3, 0.4) is 0 Å². The molecule has 1 heterocycles. The normalized spacial score (nSPS) is 14.1. The van der Waals surface area contributed by atoms with Crippen molar-refractivity contribution in [3.8, 4) is 0 Å². The molecule has 1 aliphatic carbocycles. The summed E-state index contributed by atoms with van der Waals surface area (Å²) >= 11 is 3.22. The Morgan fingerprint density at radius 1 is 1.33 bits per heavy atom. The van der Waals surface area contributed by atoms with Gasteiger partial charge in [0.15, 0.2) is 4.34 Å². The highest BCUT2D eigenvalue weighted by Crippen LogP contribution is 2.35. The van der Waals surface area contributed by atoms with Crippen LogP contribution in [0, 0.1) is 0 Å². The minimum atomic E-state index is 0.0643. The smallest absolute Gasteiger partial charge is 0.225 e. The summed E-state index contributed by atoms with van der Waals surface area (Å²) in [6.45, 7) is 1.60. The van der Waals surface area contributed by atoms with Gasteiger partial charge in [0.25, 0.3) is 0 Å². The lowest BCUT2D eigenvalue weighted by Gasteiger charge is -2.15. The Kier molecular flexibility index (Phi) is 4.55. The Hall–Kier alpha value is -1.40. The Morgan fingerprint density at radius 3 is 2.76 bits per heavy atom. The van der Waals surface area contributed by atoms with Crippen LogP contribution >= 0.6 is 23.1 Å². The molecular weight excluding hydrogens is 302 g/mol. The molecule has 0 spiro atoms. The molecule has 2 aromatic rings.